The second-order valence-electron chi connectivity index (χ2n) is 11.9. The van der Waals surface area contributed by atoms with Gasteiger partial charge in [0.2, 0.25) is 0 Å². The standard InChI is InChI=1S/C26H38O7/c1-12(2)15(5)22(30)33-11-16-8-17-18-23(6,7)25(18,31)10-14(4)24(21(17)29)9-13(3)19(27)26(24,32)20(16)28/h8-9,12,14-15,17-20,27-28,31-32H,10-11H2,1-7H3/t14?,15?,17-,18+,19-,20+,24?,25-,26+/m0/s1. The molecule has 7 heteroatoms. The summed E-state index contributed by atoms with van der Waals surface area (Å²) < 4.78 is 5.50. The van der Waals surface area contributed by atoms with Crippen molar-refractivity contribution in [3.05, 3.63) is 23.3 Å². The Morgan fingerprint density at radius 1 is 1.18 bits per heavy atom. The maximum Gasteiger partial charge on any atom is 0.309 e. The molecule has 1 spiro atoms. The van der Waals surface area contributed by atoms with Gasteiger partial charge in [0, 0.05) is 17.3 Å². The Kier molecular flexibility index (Phi) is 5.39. The van der Waals surface area contributed by atoms with E-state index in [1.807, 2.05) is 27.7 Å². The normalized spacial score (nSPS) is 46.4. The molecule has 0 radical (unpaired) electrons. The van der Waals surface area contributed by atoms with Crippen molar-refractivity contribution in [2.45, 2.75) is 78.3 Å². The van der Waals surface area contributed by atoms with E-state index in [0.29, 0.717) is 5.57 Å². The van der Waals surface area contributed by atoms with E-state index in [-0.39, 0.29) is 36.2 Å². The largest absolute Gasteiger partial charge is 0.461 e. The predicted molar refractivity (Wildman–Crippen MR) is 121 cm³/mol. The number of hydrogen-bond donors (Lipinski definition) is 4. The first-order valence-corrected chi connectivity index (χ1v) is 12.0. The molecule has 9 atom stereocenters. The fraction of sp³-hybridized carbons (Fsp3) is 0.769. The first-order valence-electron chi connectivity index (χ1n) is 12.0. The summed E-state index contributed by atoms with van der Waals surface area (Å²) >= 11 is 0. The number of rotatable bonds is 4. The number of carbonyl (C=O) groups is 2. The van der Waals surface area contributed by atoms with Gasteiger partial charge in [-0.25, -0.2) is 0 Å². The van der Waals surface area contributed by atoms with Gasteiger partial charge < -0.3 is 25.2 Å². The summed E-state index contributed by atoms with van der Waals surface area (Å²) in [4.78, 5) is 26.7. The maximum atomic E-state index is 14.2. The summed E-state index contributed by atoms with van der Waals surface area (Å²) in [5.74, 6) is -2.77. The molecule has 0 aromatic rings. The lowest BCUT2D eigenvalue weighted by Gasteiger charge is -2.48. The average molecular weight is 463 g/mol. The van der Waals surface area contributed by atoms with E-state index in [1.54, 1.807) is 32.9 Å². The van der Waals surface area contributed by atoms with Crippen LogP contribution >= 0.6 is 0 Å². The molecule has 0 amide bonds. The van der Waals surface area contributed by atoms with Crippen molar-refractivity contribution in [1.29, 1.82) is 0 Å². The lowest BCUT2D eigenvalue weighted by atomic mass is 9.59. The zero-order valence-electron chi connectivity index (χ0n) is 20.6. The van der Waals surface area contributed by atoms with E-state index < -0.39 is 58.0 Å². The Bertz CT molecular complexity index is 948. The summed E-state index contributed by atoms with van der Waals surface area (Å²) in [6.07, 6.45) is 0.362. The Morgan fingerprint density at radius 3 is 2.36 bits per heavy atom. The number of allylic oxidation sites excluding steroid dienone is 1. The molecule has 0 heterocycles. The Morgan fingerprint density at radius 2 is 1.79 bits per heavy atom. The molecule has 2 fully saturated rings. The molecule has 3 unspecified atom stereocenters. The number of Topliss-reactive ketones (excluding diaryl/α,β-unsaturated/α-hetero) is 1. The highest BCUT2D eigenvalue weighted by Crippen LogP contribution is 2.73. The van der Waals surface area contributed by atoms with Crippen LogP contribution in [0.1, 0.15) is 54.9 Å². The molecule has 0 aliphatic heterocycles. The van der Waals surface area contributed by atoms with Gasteiger partial charge in [0.1, 0.15) is 24.4 Å². The van der Waals surface area contributed by atoms with Crippen LogP contribution in [0.15, 0.2) is 23.3 Å². The Hall–Kier alpha value is -1.54. The lowest BCUT2D eigenvalue weighted by molar-refractivity contribution is -0.191. The van der Waals surface area contributed by atoms with Gasteiger partial charge in [0.25, 0.3) is 0 Å². The SMILES string of the molecule is CC1=CC23C(=O)[C@@H](C=C(COC(=O)C(C)C(C)C)[C@@H](O)[C@]2(O)[C@H]1O)[C@@H]1C(C)(C)[C@]1(O)CC3C. The summed E-state index contributed by atoms with van der Waals surface area (Å²) in [5.41, 5.74) is -4.84. The van der Waals surface area contributed by atoms with Gasteiger partial charge in [-0.15, -0.1) is 0 Å². The number of ether oxygens (including phenoxy) is 1. The van der Waals surface area contributed by atoms with E-state index >= 15 is 0 Å². The maximum absolute atomic E-state index is 14.2. The van der Waals surface area contributed by atoms with Gasteiger partial charge in [-0.3, -0.25) is 9.59 Å². The molecule has 2 saturated carbocycles. The molecule has 4 aliphatic carbocycles. The molecule has 4 rings (SSSR count). The molecule has 33 heavy (non-hydrogen) atoms. The van der Waals surface area contributed by atoms with Crippen molar-refractivity contribution in [3.63, 3.8) is 0 Å². The van der Waals surface area contributed by atoms with Gasteiger partial charge in [-0.2, -0.15) is 0 Å². The van der Waals surface area contributed by atoms with Crippen molar-refractivity contribution in [1.82, 2.24) is 0 Å². The minimum absolute atomic E-state index is 0.0638. The van der Waals surface area contributed by atoms with E-state index in [1.165, 1.54) is 0 Å². The van der Waals surface area contributed by atoms with Crippen LogP contribution in [-0.4, -0.2) is 62.2 Å². The molecule has 0 saturated heterocycles. The molecule has 7 nitrogen and oxygen atoms in total. The zero-order valence-corrected chi connectivity index (χ0v) is 20.6. The lowest BCUT2D eigenvalue weighted by Crippen LogP contribution is -2.65. The number of aliphatic hydroxyl groups is 4. The highest BCUT2D eigenvalue weighted by Gasteiger charge is 2.81. The van der Waals surface area contributed by atoms with Crippen LogP contribution < -0.4 is 0 Å². The highest BCUT2D eigenvalue weighted by atomic mass is 16.5. The molecule has 0 aromatic heterocycles. The van der Waals surface area contributed by atoms with Crippen molar-refractivity contribution in [2.24, 2.45) is 40.4 Å². The number of esters is 1. The van der Waals surface area contributed by atoms with E-state index in [2.05, 4.69) is 0 Å². The summed E-state index contributed by atoms with van der Waals surface area (Å²) in [5, 5.41) is 46.0. The molecular formula is C26H38O7. The highest BCUT2D eigenvalue weighted by molar-refractivity contribution is 5.95. The number of hydrogen-bond acceptors (Lipinski definition) is 7. The number of carbonyl (C=O) groups excluding carboxylic acids is 2. The van der Waals surface area contributed by atoms with Crippen LogP contribution in [0.3, 0.4) is 0 Å². The van der Waals surface area contributed by atoms with Crippen molar-refractivity contribution in [3.8, 4) is 0 Å². The second kappa shape index (κ2) is 7.23. The minimum atomic E-state index is -2.22. The molecular weight excluding hydrogens is 424 g/mol. The van der Waals surface area contributed by atoms with E-state index in [4.69, 9.17) is 4.74 Å². The zero-order chi connectivity index (χ0) is 24.9. The van der Waals surface area contributed by atoms with Gasteiger partial charge in [0.15, 0.2) is 5.78 Å². The summed E-state index contributed by atoms with van der Waals surface area (Å²) in [7, 11) is 0. The average Bonchev–Trinajstić information content (AvgIpc) is 3.11. The third-order valence-electron chi connectivity index (χ3n) is 9.67. The minimum Gasteiger partial charge on any atom is -0.461 e. The molecule has 4 aliphatic rings. The van der Waals surface area contributed by atoms with E-state index in [9.17, 15) is 30.0 Å². The first-order chi connectivity index (χ1) is 15.1. The fourth-order valence-corrected chi connectivity index (χ4v) is 7.08. The van der Waals surface area contributed by atoms with Crippen LogP contribution in [0.2, 0.25) is 0 Å². The molecule has 0 aromatic carbocycles. The van der Waals surface area contributed by atoms with Gasteiger partial charge in [-0.1, -0.05) is 53.7 Å². The summed E-state index contributed by atoms with van der Waals surface area (Å²) in [6, 6.07) is 0. The molecule has 184 valence electrons. The topological polar surface area (TPSA) is 124 Å². The van der Waals surface area contributed by atoms with Crippen LogP contribution in [0.4, 0.5) is 0 Å². The van der Waals surface area contributed by atoms with Gasteiger partial charge in [0.05, 0.1) is 16.9 Å². The van der Waals surface area contributed by atoms with Crippen LogP contribution in [-0.2, 0) is 14.3 Å². The van der Waals surface area contributed by atoms with Crippen molar-refractivity contribution in [2.75, 3.05) is 6.61 Å². The second-order valence-corrected chi connectivity index (χ2v) is 11.9. The van der Waals surface area contributed by atoms with Crippen LogP contribution in [0.25, 0.3) is 0 Å². The number of aliphatic hydroxyl groups excluding tert-OH is 2. The first kappa shape index (κ1) is 24.6. The Labute approximate surface area is 195 Å². The van der Waals surface area contributed by atoms with Crippen molar-refractivity contribution >= 4 is 11.8 Å². The molecule has 2 bridgehead atoms. The van der Waals surface area contributed by atoms with Gasteiger partial charge in [-0.05, 0) is 36.3 Å². The monoisotopic (exact) mass is 462 g/mol. The molecule has 4 N–H and O–H groups in total. The van der Waals surface area contributed by atoms with Gasteiger partial charge >= 0.3 is 5.97 Å². The Balaban J connectivity index is 1.83. The smallest absolute Gasteiger partial charge is 0.309 e. The third kappa shape index (κ3) is 2.82. The van der Waals surface area contributed by atoms with Crippen LogP contribution in [0.5, 0.6) is 0 Å². The quantitative estimate of drug-likeness (QED) is 0.371. The number of fused-ring (bicyclic) bond motifs is 3. The third-order valence-corrected chi connectivity index (χ3v) is 9.67. The van der Waals surface area contributed by atoms with E-state index in [0.717, 1.165) is 0 Å². The number of ketones is 1. The summed E-state index contributed by atoms with van der Waals surface area (Å²) in [6.45, 7) is 12.5. The fourth-order valence-electron chi connectivity index (χ4n) is 7.08. The van der Waals surface area contributed by atoms with Crippen molar-refractivity contribution < 1.29 is 34.8 Å². The van der Waals surface area contributed by atoms with Crippen LogP contribution in [0, 0.1) is 40.4 Å². The predicted octanol–water partition coefficient (Wildman–Crippen LogP) is 1.77.